The molecule has 2 rings (SSSR count). The molecule has 0 saturated heterocycles. The Morgan fingerprint density at radius 3 is 2.38 bits per heavy atom. The number of nitrogens with one attached hydrogen (secondary N) is 1. The second kappa shape index (κ2) is 7.60. The van der Waals surface area contributed by atoms with Gasteiger partial charge in [0.15, 0.2) is 0 Å². The molecule has 0 aliphatic heterocycles. The van der Waals surface area contributed by atoms with Crippen LogP contribution in [0.4, 0.5) is 11.4 Å². The number of nitriles is 1. The Labute approximate surface area is 142 Å². The summed E-state index contributed by atoms with van der Waals surface area (Å²) in [4.78, 5) is 18.4. The van der Waals surface area contributed by atoms with Crippen molar-refractivity contribution >= 4 is 17.3 Å². The molecular formula is C19H22N4O. The summed E-state index contributed by atoms with van der Waals surface area (Å²) in [6.45, 7) is 9.03. The predicted molar refractivity (Wildman–Crippen MR) is 95.4 cm³/mol. The van der Waals surface area contributed by atoms with E-state index in [0.717, 1.165) is 17.1 Å². The van der Waals surface area contributed by atoms with Crippen molar-refractivity contribution in [3.63, 3.8) is 0 Å². The van der Waals surface area contributed by atoms with Crippen molar-refractivity contribution in [3.05, 3.63) is 52.8 Å². The zero-order valence-electron chi connectivity index (χ0n) is 14.6. The van der Waals surface area contributed by atoms with E-state index in [0.29, 0.717) is 29.9 Å². The topological polar surface area (TPSA) is 69.0 Å². The van der Waals surface area contributed by atoms with E-state index in [9.17, 15) is 10.1 Å². The van der Waals surface area contributed by atoms with Crippen LogP contribution in [0.2, 0.25) is 0 Å². The third kappa shape index (κ3) is 3.72. The first-order valence-corrected chi connectivity index (χ1v) is 8.04. The van der Waals surface area contributed by atoms with Gasteiger partial charge in [0.2, 0.25) is 0 Å². The number of amides is 1. The number of hydrogen-bond acceptors (Lipinski definition) is 4. The van der Waals surface area contributed by atoms with E-state index >= 15 is 0 Å². The summed E-state index contributed by atoms with van der Waals surface area (Å²) >= 11 is 0. The van der Waals surface area contributed by atoms with E-state index in [4.69, 9.17) is 0 Å². The molecule has 0 unspecified atom stereocenters. The SMILES string of the molecule is CCN(CC)C(=O)c1ccc(Nc2cc(C)nc(C)c2C#N)cc1. The van der Waals surface area contributed by atoms with E-state index in [-0.39, 0.29) is 5.91 Å². The number of nitrogens with zero attached hydrogens (tertiary/aromatic N) is 3. The van der Waals surface area contributed by atoms with Crippen LogP contribution in [0.1, 0.15) is 41.2 Å². The third-order valence-corrected chi connectivity index (χ3v) is 3.90. The van der Waals surface area contributed by atoms with Crippen LogP contribution in [-0.2, 0) is 0 Å². The number of pyridine rings is 1. The van der Waals surface area contributed by atoms with E-state index in [2.05, 4.69) is 16.4 Å². The monoisotopic (exact) mass is 322 g/mol. The summed E-state index contributed by atoms with van der Waals surface area (Å²) in [5.74, 6) is 0.0277. The van der Waals surface area contributed by atoms with Gasteiger partial charge in [-0.05, 0) is 58.0 Å². The second-order valence-corrected chi connectivity index (χ2v) is 5.56. The summed E-state index contributed by atoms with van der Waals surface area (Å²) in [5.41, 5.74) is 4.30. The van der Waals surface area contributed by atoms with E-state index in [1.54, 1.807) is 17.0 Å². The van der Waals surface area contributed by atoms with Gasteiger partial charge < -0.3 is 10.2 Å². The van der Waals surface area contributed by atoms with Gasteiger partial charge in [-0.1, -0.05) is 0 Å². The smallest absolute Gasteiger partial charge is 0.253 e. The maximum atomic E-state index is 12.3. The van der Waals surface area contributed by atoms with Crippen LogP contribution < -0.4 is 5.32 Å². The summed E-state index contributed by atoms with van der Waals surface area (Å²) in [7, 11) is 0. The fourth-order valence-corrected chi connectivity index (χ4v) is 2.61. The van der Waals surface area contributed by atoms with Gasteiger partial charge >= 0.3 is 0 Å². The van der Waals surface area contributed by atoms with Gasteiger partial charge in [0.1, 0.15) is 6.07 Å². The van der Waals surface area contributed by atoms with Crippen LogP contribution in [0.5, 0.6) is 0 Å². The molecule has 5 nitrogen and oxygen atoms in total. The average Bonchev–Trinajstić information content (AvgIpc) is 2.56. The van der Waals surface area contributed by atoms with E-state index in [1.165, 1.54) is 0 Å². The number of aromatic nitrogens is 1. The van der Waals surface area contributed by atoms with E-state index < -0.39 is 0 Å². The normalized spacial score (nSPS) is 10.1. The maximum Gasteiger partial charge on any atom is 0.253 e. The molecule has 0 bridgehead atoms. The Bertz CT molecular complexity index is 771. The minimum atomic E-state index is 0.0277. The highest BCUT2D eigenvalue weighted by Gasteiger charge is 2.13. The van der Waals surface area contributed by atoms with Crippen molar-refractivity contribution in [1.82, 2.24) is 9.88 Å². The summed E-state index contributed by atoms with van der Waals surface area (Å²) in [6.07, 6.45) is 0. The Balaban J connectivity index is 2.25. The molecular weight excluding hydrogens is 300 g/mol. The van der Waals surface area contributed by atoms with Crippen LogP contribution in [0.15, 0.2) is 30.3 Å². The molecule has 0 saturated carbocycles. The van der Waals surface area contributed by atoms with Crippen LogP contribution in [0, 0.1) is 25.2 Å². The molecule has 0 fully saturated rings. The maximum absolute atomic E-state index is 12.3. The van der Waals surface area contributed by atoms with Crippen LogP contribution in [0.25, 0.3) is 0 Å². The molecule has 0 aliphatic rings. The lowest BCUT2D eigenvalue weighted by Gasteiger charge is -2.18. The number of carbonyl (C=O) groups excluding carboxylic acids is 1. The van der Waals surface area contributed by atoms with Gasteiger partial charge in [-0.3, -0.25) is 9.78 Å². The molecule has 1 heterocycles. The van der Waals surface area contributed by atoms with Crippen molar-refractivity contribution in [2.24, 2.45) is 0 Å². The number of rotatable bonds is 5. The van der Waals surface area contributed by atoms with Gasteiger partial charge in [0.25, 0.3) is 5.91 Å². The molecule has 0 aliphatic carbocycles. The molecule has 1 aromatic heterocycles. The molecule has 0 radical (unpaired) electrons. The molecule has 24 heavy (non-hydrogen) atoms. The third-order valence-electron chi connectivity index (χ3n) is 3.90. The summed E-state index contributed by atoms with van der Waals surface area (Å²) in [6, 6.07) is 11.3. The number of anilines is 2. The highest BCUT2D eigenvalue weighted by Crippen LogP contribution is 2.23. The predicted octanol–water partition coefficient (Wildman–Crippen LogP) is 3.80. The van der Waals surface area contributed by atoms with Gasteiger partial charge in [0, 0.05) is 30.0 Å². The van der Waals surface area contributed by atoms with Crippen molar-refractivity contribution in [2.45, 2.75) is 27.7 Å². The molecule has 0 atom stereocenters. The van der Waals surface area contributed by atoms with Crippen molar-refractivity contribution in [1.29, 1.82) is 5.26 Å². The molecule has 124 valence electrons. The zero-order valence-corrected chi connectivity index (χ0v) is 14.6. The lowest BCUT2D eigenvalue weighted by atomic mass is 10.1. The first-order valence-electron chi connectivity index (χ1n) is 8.04. The Morgan fingerprint density at radius 2 is 1.83 bits per heavy atom. The highest BCUT2D eigenvalue weighted by molar-refractivity contribution is 5.94. The average molecular weight is 322 g/mol. The van der Waals surface area contributed by atoms with Crippen molar-refractivity contribution < 1.29 is 4.79 Å². The lowest BCUT2D eigenvalue weighted by molar-refractivity contribution is 0.0773. The minimum absolute atomic E-state index is 0.0277. The molecule has 1 N–H and O–H groups in total. The van der Waals surface area contributed by atoms with Gasteiger partial charge in [-0.15, -0.1) is 0 Å². The largest absolute Gasteiger partial charge is 0.354 e. The molecule has 5 heteroatoms. The molecule has 1 amide bonds. The fourth-order valence-electron chi connectivity index (χ4n) is 2.61. The minimum Gasteiger partial charge on any atom is -0.354 e. The van der Waals surface area contributed by atoms with Gasteiger partial charge in [-0.25, -0.2) is 0 Å². The summed E-state index contributed by atoms with van der Waals surface area (Å²) in [5, 5.41) is 12.6. The fraction of sp³-hybridized carbons (Fsp3) is 0.316. The molecule has 2 aromatic rings. The zero-order chi connectivity index (χ0) is 17.7. The highest BCUT2D eigenvalue weighted by atomic mass is 16.2. The van der Waals surface area contributed by atoms with E-state index in [1.807, 2.05) is 45.9 Å². The number of carbonyl (C=O) groups is 1. The first kappa shape index (κ1) is 17.5. The van der Waals surface area contributed by atoms with Crippen molar-refractivity contribution in [3.8, 4) is 6.07 Å². The number of benzene rings is 1. The number of aryl methyl sites for hydroxylation is 2. The van der Waals surface area contributed by atoms with Crippen LogP contribution in [0.3, 0.4) is 0 Å². The quantitative estimate of drug-likeness (QED) is 0.909. The number of hydrogen-bond donors (Lipinski definition) is 1. The van der Waals surface area contributed by atoms with Crippen LogP contribution >= 0.6 is 0 Å². The first-order chi connectivity index (χ1) is 11.5. The Morgan fingerprint density at radius 1 is 1.21 bits per heavy atom. The lowest BCUT2D eigenvalue weighted by Crippen LogP contribution is -2.30. The van der Waals surface area contributed by atoms with Crippen LogP contribution in [-0.4, -0.2) is 28.9 Å². The molecule has 1 aromatic carbocycles. The van der Waals surface area contributed by atoms with Gasteiger partial charge in [-0.2, -0.15) is 5.26 Å². The summed E-state index contributed by atoms with van der Waals surface area (Å²) < 4.78 is 0. The molecule has 0 spiro atoms. The Kier molecular flexibility index (Phi) is 5.54. The van der Waals surface area contributed by atoms with Gasteiger partial charge in [0.05, 0.1) is 16.9 Å². The standard InChI is InChI=1S/C19H22N4O/c1-5-23(6-2)19(24)15-7-9-16(10-8-15)22-18-11-13(3)21-14(4)17(18)12-20/h7-11H,5-6H2,1-4H3,(H,21,22). The Hall–Kier alpha value is -2.87. The van der Waals surface area contributed by atoms with Crippen molar-refractivity contribution in [2.75, 3.05) is 18.4 Å². The second-order valence-electron chi connectivity index (χ2n) is 5.56.